The first-order chi connectivity index (χ1) is 14.3. The number of carbonyl (C=O) groups excluding carboxylic acids is 2. The molecule has 30 heavy (non-hydrogen) atoms. The Labute approximate surface area is 186 Å². The van der Waals surface area contributed by atoms with Crippen LogP contribution in [0.25, 0.3) is 0 Å². The molecule has 0 spiro atoms. The van der Waals surface area contributed by atoms with Crippen molar-refractivity contribution in [3.63, 3.8) is 0 Å². The summed E-state index contributed by atoms with van der Waals surface area (Å²) in [6.07, 6.45) is 2.47. The van der Waals surface area contributed by atoms with E-state index in [9.17, 15) is 9.59 Å². The second-order valence-corrected chi connectivity index (χ2v) is 7.79. The van der Waals surface area contributed by atoms with Gasteiger partial charge in [-0.25, -0.2) is 5.43 Å². The molecule has 0 saturated heterocycles. The minimum Gasteiger partial charge on any atom is -0.494 e. The number of ether oxygens (including phenoxy) is 1. The van der Waals surface area contributed by atoms with E-state index in [0.717, 1.165) is 17.7 Å². The number of hydrogen-bond acceptors (Lipinski definition) is 4. The number of rotatable bonds is 9. The van der Waals surface area contributed by atoms with E-state index in [1.54, 1.807) is 6.07 Å². The van der Waals surface area contributed by atoms with Crippen molar-refractivity contribution in [3.8, 4) is 5.75 Å². The minimum absolute atomic E-state index is 0.151. The second-order valence-electron chi connectivity index (χ2n) is 6.98. The highest BCUT2D eigenvalue weighted by atomic mass is 35.5. The molecule has 2 aromatic rings. The van der Waals surface area contributed by atoms with Gasteiger partial charge in [0.25, 0.3) is 11.8 Å². The molecule has 0 aliphatic rings. The van der Waals surface area contributed by atoms with Gasteiger partial charge in [0.2, 0.25) is 0 Å². The number of carbonyl (C=O) groups is 2. The van der Waals surface area contributed by atoms with Gasteiger partial charge < -0.3 is 10.1 Å². The number of nitrogens with zero attached hydrogens (tertiary/aromatic N) is 1. The Morgan fingerprint density at radius 3 is 2.40 bits per heavy atom. The largest absolute Gasteiger partial charge is 0.494 e. The monoisotopic (exact) mass is 449 g/mol. The van der Waals surface area contributed by atoms with Crippen molar-refractivity contribution < 1.29 is 14.3 Å². The lowest BCUT2D eigenvalue weighted by atomic mass is 10.0. The molecule has 0 aromatic heterocycles. The molecule has 2 rings (SSSR count). The Bertz CT molecular complexity index is 899. The van der Waals surface area contributed by atoms with Crippen LogP contribution in [-0.4, -0.2) is 30.7 Å². The Balaban J connectivity index is 1.97. The number of nitrogens with one attached hydrogen (secondary N) is 2. The zero-order valence-corrected chi connectivity index (χ0v) is 18.6. The van der Waals surface area contributed by atoms with Gasteiger partial charge in [0.15, 0.2) is 0 Å². The lowest BCUT2D eigenvalue weighted by Crippen LogP contribution is -2.48. The van der Waals surface area contributed by atoms with E-state index >= 15 is 0 Å². The van der Waals surface area contributed by atoms with Gasteiger partial charge in [0, 0.05) is 5.56 Å². The van der Waals surface area contributed by atoms with Gasteiger partial charge in [-0.3, -0.25) is 9.59 Å². The summed E-state index contributed by atoms with van der Waals surface area (Å²) in [6.45, 7) is 6.37. The topological polar surface area (TPSA) is 79.8 Å². The third-order valence-corrected chi connectivity index (χ3v) is 4.90. The molecule has 0 saturated carbocycles. The van der Waals surface area contributed by atoms with Crippen LogP contribution in [0, 0.1) is 5.92 Å². The summed E-state index contributed by atoms with van der Waals surface area (Å²) in [7, 11) is 0. The van der Waals surface area contributed by atoms with Crippen LogP contribution < -0.4 is 15.5 Å². The second kappa shape index (κ2) is 11.6. The third kappa shape index (κ3) is 7.04. The molecule has 0 aliphatic carbocycles. The van der Waals surface area contributed by atoms with E-state index < -0.39 is 17.9 Å². The van der Waals surface area contributed by atoms with E-state index in [0.29, 0.717) is 17.2 Å². The molecule has 160 valence electrons. The van der Waals surface area contributed by atoms with Crippen LogP contribution >= 0.6 is 23.2 Å². The number of benzene rings is 2. The number of hydrogen-bond donors (Lipinski definition) is 2. The highest BCUT2D eigenvalue weighted by molar-refractivity contribution is 6.42. The minimum atomic E-state index is -0.770. The predicted octanol–water partition coefficient (Wildman–Crippen LogP) is 4.69. The lowest BCUT2D eigenvalue weighted by Gasteiger charge is -2.20. The smallest absolute Gasteiger partial charge is 0.262 e. The maximum absolute atomic E-state index is 12.5. The fourth-order valence-electron chi connectivity index (χ4n) is 2.51. The average Bonchev–Trinajstić information content (AvgIpc) is 2.72. The van der Waals surface area contributed by atoms with Crippen molar-refractivity contribution in [2.24, 2.45) is 11.0 Å². The first-order valence-corrected chi connectivity index (χ1v) is 10.4. The fraction of sp³-hybridized carbons (Fsp3) is 0.318. The standard InChI is InChI=1S/C22H25Cl2N3O3/c1-4-11-30-17-8-5-15(6-9-17)13-25-27-22(29)20(14(2)3)26-21(28)16-7-10-18(23)19(24)12-16/h5-10,12-14,20H,4,11H2,1-3H3,(H,26,28)(H,27,29)/b25-13-. The van der Waals surface area contributed by atoms with E-state index in [1.165, 1.54) is 18.3 Å². The molecule has 2 amide bonds. The lowest BCUT2D eigenvalue weighted by molar-refractivity contribution is -0.123. The molecule has 0 aliphatic heterocycles. The van der Waals surface area contributed by atoms with Crippen LogP contribution in [0.1, 0.15) is 43.1 Å². The quantitative estimate of drug-likeness (QED) is 0.430. The molecule has 0 fully saturated rings. The van der Waals surface area contributed by atoms with Crippen LogP contribution in [0.5, 0.6) is 5.75 Å². The SMILES string of the molecule is CCCOc1ccc(/C=N\NC(=O)C(NC(=O)c2ccc(Cl)c(Cl)c2)C(C)C)cc1. The van der Waals surface area contributed by atoms with Gasteiger partial charge in [0.1, 0.15) is 11.8 Å². The number of hydrazone groups is 1. The fourth-order valence-corrected chi connectivity index (χ4v) is 2.80. The Kier molecular flexibility index (Phi) is 9.15. The average molecular weight is 450 g/mol. The third-order valence-electron chi connectivity index (χ3n) is 4.16. The highest BCUT2D eigenvalue weighted by Gasteiger charge is 2.24. The van der Waals surface area contributed by atoms with Crippen molar-refractivity contribution in [1.29, 1.82) is 0 Å². The van der Waals surface area contributed by atoms with Crippen molar-refractivity contribution in [1.82, 2.24) is 10.7 Å². The van der Waals surface area contributed by atoms with Crippen molar-refractivity contribution >= 4 is 41.2 Å². The molecule has 1 atom stereocenters. The van der Waals surface area contributed by atoms with Crippen LogP contribution in [0.3, 0.4) is 0 Å². The highest BCUT2D eigenvalue weighted by Crippen LogP contribution is 2.22. The first-order valence-electron chi connectivity index (χ1n) is 9.63. The van der Waals surface area contributed by atoms with Gasteiger partial charge in [-0.1, -0.05) is 44.0 Å². The van der Waals surface area contributed by atoms with E-state index in [-0.39, 0.29) is 10.9 Å². The summed E-state index contributed by atoms with van der Waals surface area (Å²) in [6, 6.07) is 11.1. The van der Waals surface area contributed by atoms with Crippen molar-refractivity contribution in [2.45, 2.75) is 33.2 Å². The van der Waals surface area contributed by atoms with Crippen molar-refractivity contribution in [2.75, 3.05) is 6.61 Å². The molecule has 0 heterocycles. The molecule has 0 radical (unpaired) electrons. The van der Waals surface area contributed by atoms with Crippen LogP contribution in [0.4, 0.5) is 0 Å². The normalized spacial score (nSPS) is 12.1. The van der Waals surface area contributed by atoms with Gasteiger partial charge in [-0.2, -0.15) is 5.10 Å². The van der Waals surface area contributed by atoms with Crippen LogP contribution in [0.15, 0.2) is 47.6 Å². The molecule has 8 heteroatoms. The number of halogens is 2. The Morgan fingerprint density at radius 1 is 1.10 bits per heavy atom. The molecular weight excluding hydrogens is 425 g/mol. The summed E-state index contributed by atoms with van der Waals surface area (Å²) in [5, 5.41) is 7.32. The Morgan fingerprint density at radius 2 is 1.80 bits per heavy atom. The van der Waals surface area contributed by atoms with E-state index in [4.69, 9.17) is 27.9 Å². The van der Waals surface area contributed by atoms with Gasteiger partial charge in [-0.15, -0.1) is 0 Å². The summed E-state index contributed by atoms with van der Waals surface area (Å²) in [5.41, 5.74) is 3.60. The molecule has 0 bridgehead atoms. The molecular formula is C22H25Cl2N3O3. The van der Waals surface area contributed by atoms with Gasteiger partial charge >= 0.3 is 0 Å². The zero-order chi connectivity index (χ0) is 22.1. The summed E-state index contributed by atoms with van der Waals surface area (Å²) >= 11 is 11.8. The van der Waals surface area contributed by atoms with Gasteiger partial charge in [0.05, 0.1) is 22.9 Å². The summed E-state index contributed by atoms with van der Waals surface area (Å²) in [5.74, 6) is -0.212. The summed E-state index contributed by atoms with van der Waals surface area (Å²) in [4.78, 5) is 25.0. The van der Waals surface area contributed by atoms with Gasteiger partial charge in [-0.05, 0) is 60.4 Å². The zero-order valence-electron chi connectivity index (χ0n) is 17.1. The first kappa shape index (κ1) is 23.7. The van der Waals surface area contributed by atoms with Crippen LogP contribution in [-0.2, 0) is 4.79 Å². The van der Waals surface area contributed by atoms with Crippen LogP contribution in [0.2, 0.25) is 10.0 Å². The summed E-state index contributed by atoms with van der Waals surface area (Å²) < 4.78 is 5.53. The maximum atomic E-state index is 12.5. The molecule has 2 N–H and O–H groups in total. The molecule has 2 aromatic carbocycles. The van der Waals surface area contributed by atoms with E-state index in [1.807, 2.05) is 45.0 Å². The number of amides is 2. The van der Waals surface area contributed by atoms with E-state index in [2.05, 4.69) is 15.8 Å². The maximum Gasteiger partial charge on any atom is 0.262 e. The Hall–Kier alpha value is -2.57. The molecule has 1 unspecified atom stereocenters. The molecule has 6 nitrogen and oxygen atoms in total. The van der Waals surface area contributed by atoms with Crippen molar-refractivity contribution in [3.05, 3.63) is 63.6 Å². The predicted molar refractivity (Wildman–Crippen MR) is 121 cm³/mol.